The molecule has 8 nitrogen and oxygen atoms in total. The zero-order valence-electron chi connectivity index (χ0n) is 19.7. The lowest BCUT2D eigenvalue weighted by molar-refractivity contribution is -0.135. The first-order valence-electron chi connectivity index (χ1n) is 10.9. The van der Waals surface area contributed by atoms with Crippen LogP contribution in [0.1, 0.15) is 48.7 Å². The fourth-order valence-electron chi connectivity index (χ4n) is 3.67. The number of hydrogen-bond donors (Lipinski definition) is 4. The molecule has 0 saturated carbocycles. The van der Waals surface area contributed by atoms with Crippen LogP contribution in [0.15, 0.2) is 18.2 Å². The van der Waals surface area contributed by atoms with Crippen molar-refractivity contribution in [1.82, 2.24) is 10.2 Å². The summed E-state index contributed by atoms with van der Waals surface area (Å²) in [5.41, 5.74) is -1.21. The van der Waals surface area contributed by atoms with E-state index in [0.29, 0.717) is 0 Å². The summed E-state index contributed by atoms with van der Waals surface area (Å²) in [4.78, 5) is 41.6. The molecule has 1 aromatic heterocycles. The minimum Gasteiger partial charge on any atom is -0.396 e. The third-order valence-electron chi connectivity index (χ3n) is 5.75. The molecule has 3 rings (SSSR count). The van der Waals surface area contributed by atoms with Gasteiger partial charge in [0.1, 0.15) is 16.2 Å². The van der Waals surface area contributed by atoms with Crippen molar-refractivity contribution in [2.45, 2.75) is 45.1 Å². The number of carbonyl (C=O) groups is 3. The molecule has 4 N–H and O–H groups in total. The number of benzene rings is 1. The summed E-state index contributed by atoms with van der Waals surface area (Å²) in [5, 5.41) is 17.0. The first kappa shape index (κ1) is 27.2. The largest absolute Gasteiger partial charge is 0.396 e. The molecule has 0 aliphatic carbocycles. The highest BCUT2D eigenvalue weighted by atomic mass is 35.5. The molecule has 1 aliphatic heterocycles. The molecule has 35 heavy (non-hydrogen) atoms. The summed E-state index contributed by atoms with van der Waals surface area (Å²) < 4.78 is 13.6. The van der Waals surface area contributed by atoms with Crippen LogP contribution in [-0.4, -0.2) is 53.1 Å². The maximum absolute atomic E-state index is 13.7. The number of piperazine rings is 1. The van der Waals surface area contributed by atoms with Crippen molar-refractivity contribution in [2.75, 3.05) is 30.3 Å². The quantitative estimate of drug-likeness (QED) is 0.403. The smallest absolute Gasteiger partial charge is 0.323 e. The van der Waals surface area contributed by atoms with Gasteiger partial charge in [0.25, 0.3) is 5.91 Å². The number of carbonyl (C=O) groups excluding carboxylic acids is 3. The van der Waals surface area contributed by atoms with Crippen molar-refractivity contribution in [2.24, 2.45) is 0 Å². The molecule has 0 radical (unpaired) electrons. The molecule has 1 saturated heterocycles. The molecular formula is C23H27Cl2FN4O4S. The van der Waals surface area contributed by atoms with E-state index in [4.69, 9.17) is 23.2 Å². The van der Waals surface area contributed by atoms with Crippen LogP contribution in [0.5, 0.6) is 0 Å². The van der Waals surface area contributed by atoms with Crippen molar-refractivity contribution in [3.63, 3.8) is 0 Å². The molecule has 4 amide bonds. The number of urea groups is 1. The van der Waals surface area contributed by atoms with Crippen LogP contribution in [0.3, 0.4) is 0 Å². The van der Waals surface area contributed by atoms with Crippen LogP contribution < -0.4 is 16.0 Å². The molecule has 2 aromatic rings. The fourth-order valence-corrected chi connectivity index (χ4v) is 5.15. The van der Waals surface area contributed by atoms with Gasteiger partial charge >= 0.3 is 6.03 Å². The normalized spacial score (nSPS) is 18.3. The summed E-state index contributed by atoms with van der Waals surface area (Å²) in [6.45, 7) is 7.77. The second-order valence-corrected chi connectivity index (χ2v) is 11.2. The molecule has 1 aliphatic rings. The third-order valence-corrected chi connectivity index (χ3v) is 8.15. The van der Waals surface area contributed by atoms with Crippen molar-refractivity contribution in [3.05, 3.63) is 43.8 Å². The standard InChI is InChI=1S/C23H27Cl2FN4O4S/c1-22(2,3)15-11-14(29-21(34)28-13-6-5-12(26)16(24)17(13)25)18(35-15)19(32)30-9-8-27-20(33)23(30,4)7-10-31/h5-6,11,31H,7-10H2,1-4H3,(H,27,33)(H2,28,29,34). The van der Waals surface area contributed by atoms with Crippen molar-refractivity contribution in [3.8, 4) is 0 Å². The predicted octanol–water partition coefficient (Wildman–Crippen LogP) is 4.85. The number of amides is 4. The van der Waals surface area contributed by atoms with E-state index in [-0.39, 0.29) is 63.7 Å². The van der Waals surface area contributed by atoms with E-state index >= 15 is 0 Å². The first-order valence-corrected chi connectivity index (χ1v) is 12.4. The zero-order chi connectivity index (χ0) is 26.1. The predicted molar refractivity (Wildman–Crippen MR) is 136 cm³/mol. The lowest BCUT2D eigenvalue weighted by Gasteiger charge is -2.43. The average molecular weight is 545 g/mol. The number of aliphatic hydroxyl groups is 1. The fraction of sp³-hybridized carbons (Fsp3) is 0.435. The monoisotopic (exact) mass is 544 g/mol. The van der Waals surface area contributed by atoms with Gasteiger partial charge < -0.3 is 26.0 Å². The number of halogens is 3. The average Bonchev–Trinajstić information content (AvgIpc) is 3.20. The molecular weight excluding hydrogens is 518 g/mol. The second-order valence-electron chi connectivity index (χ2n) is 9.37. The Hall–Kier alpha value is -2.40. The van der Waals surface area contributed by atoms with Gasteiger partial charge in [-0.25, -0.2) is 9.18 Å². The molecule has 1 fully saturated rings. The summed E-state index contributed by atoms with van der Waals surface area (Å²) in [7, 11) is 0. The van der Waals surface area contributed by atoms with Gasteiger partial charge in [0, 0.05) is 31.0 Å². The van der Waals surface area contributed by atoms with Gasteiger partial charge in [0.05, 0.1) is 21.4 Å². The molecule has 12 heteroatoms. The van der Waals surface area contributed by atoms with Crippen LogP contribution in [-0.2, 0) is 10.2 Å². The highest BCUT2D eigenvalue weighted by Gasteiger charge is 2.45. The van der Waals surface area contributed by atoms with E-state index in [0.717, 1.165) is 10.9 Å². The SMILES string of the molecule is CC(C)(C)c1cc(NC(=O)Nc2ccc(F)c(Cl)c2Cl)c(C(=O)N2CCNC(=O)C2(C)CCO)s1. The molecule has 2 heterocycles. The Morgan fingerprint density at radius 1 is 1.23 bits per heavy atom. The number of thiophene rings is 1. The molecule has 1 unspecified atom stereocenters. The summed E-state index contributed by atoms with van der Waals surface area (Å²) >= 11 is 13.1. The number of rotatable bonds is 5. The zero-order valence-corrected chi connectivity index (χ0v) is 22.1. The molecule has 0 bridgehead atoms. The lowest BCUT2D eigenvalue weighted by Crippen LogP contribution is -2.65. The van der Waals surface area contributed by atoms with Gasteiger partial charge in [-0.1, -0.05) is 44.0 Å². The minimum absolute atomic E-state index is 0.0646. The van der Waals surface area contributed by atoms with Crippen LogP contribution in [0.25, 0.3) is 0 Å². The Morgan fingerprint density at radius 3 is 2.51 bits per heavy atom. The van der Waals surface area contributed by atoms with Gasteiger partial charge in [0.15, 0.2) is 0 Å². The number of aliphatic hydroxyl groups excluding tert-OH is 1. The van der Waals surface area contributed by atoms with Gasteiger partial charge in [-0.05, 0) is 30.5 Å². The van der Waals surface area contributed by atoms with E-state index in [9.17, 15) is 23.9 Å². The third kappa shape index (κ3) is 5.55. The second kappa shape index (κ2) is 10.3. The Labute approximate surface area is 216 Å². The Balaban J connectivity index is 1.95. The molecule has 1 aromatic carbocycles. The molecule has 1 atom stereocenters. The number of nitrogens with one attached hydrogen (secondary N) is 3. The van der Waals surface area contributed by atoms with Crippen LogP contribution >= 0.6 is 34.5 Å². The molecule has 0 spiro atoms. The van der Waals surface area contributed by atoms with Crippen molar-refractivity contribution in [1.29, 1.82) is 0 Å². The highest BCUT2D eigenvalue weighted by Crippen LogP contribution is 2.38. The first-order chi connectivity index (χ1) is 16.3. The Kier molecular flexibility index (Phi) is 8.00. The van der Waals surface area contributed by atoms with Gasteiger partial charge in [-0.15, -0.1) is 11.3 Å². The van der Waals surface area contributed by atoms with E-state index in [2.05, 4.69) is 16.0 Å². The van der Waals surface area contributed by atoms with Crippen molar-refractivity contribution >= 4 is 63.8 Å². The highest BCUT2D eigenvalue weighted by molar-refractivity contribution is 7.14. The lowest BCUT2D eigenvalue weighted by atomic mass is 9.92. The van der Waals surface area contributed by atoms with E-state index in [1.165, 1.54) is 22.3 Å². The maximum atomic E-state index is 13.7. The summed E-state index contributed by atoms with van der Waals surface area (Å²) in [6.07, 6.45) is 0.0646. The number of anilines is 2. The van der Waals surface area contributed by atoms with Gasteiger partial charge in [0.2, 0.25) is 5.91 Å². The van der Waals surface area contributed by atoms with E-state index in [1.54, 1.807) is 13.0 Å². The number of nitrogens with zero attached hydrogens (tertiary/aromatic N) is 1. The van der Waals surface area contributed by atoms with Gasteiger partial charge in [-0.2, -0.15) is 0 Å². The number of hydrogen-bond acceptors (Lipinski definition) is 5. The summed E-state index contributed by atoms with van der Waals surface area (Å²) in [5.74, 6) is -1.51. The maximum Gasteiger partial charge on any atom is 0.323 e. The summed E-state index contributed by atoms with van der Waals surface area (Å²) in [6, 6.07) is 3.35. The molecule has 190 valence electrons. The van der Waals surface area contributed by atoms with Crippen LogP contribution in [0, 0.1) is 5.82 Å². The topological polar surface area (TPSA) is 111 Å². The van der Waals surface area contributed by atoms with Crippen molar-refractivity contribution < 1.29 is 23.9 Å². The Bertz CT molecular complexity index is 1170. The van der Waals surface area contributed by atoms with E-state index in [1.807, 2.05) is 20.8 Å². The van der Waals surface area contributed by atoms with Crippen LogP contribution in [0.4, 0.5) is 20.6 Å². The van der Waals surface area contributed by atoms with E-state index < -0.39 is 23.3 Å². The Morgan fingerprint density at radius 2 is 1.89 bits per heavy atom. The van der Waals surface area contributed by atoms with Crippen LogP contribution in [0.2, 0.25) is 10.0 Å². The van der Waals surface area contributed by atoms with Gasteiger partial charge in [-0.3, -0.25) is 9.59 Å². The minimum atomic E-state index is -1.24.